The van der Waals surface area contributed by atoms with Crippen LogP contribution in [0.15, 0.2) is 16.5 Å². The molecule has 2 aliphatic carbocycles. The fourth-order valence-electron chi connectivity index (χ4n) is 3.08. The molecule has 0 unspecified atom stereocenters. The summed E-state index contributed by atoms with van der Waals surface area (Å²) in [6, 6.07) is 0. The van der Waals surface area contributed by atoms with Gasteiger partial charge >= 0.3 is 5.97 Å². The second kappa shape index (κ2) is 5.11. The first kappa shape index (κ1) is 15.1. The van der Waals surface area contributed by atoms with Crippen LogP contribution in [0.5, 0.6) is 0 Å². The van der Waals surface area contributed by atoms with E-state index in [1.807, 2.05) is 12.2 Å². The van der Waals surface area contributed by atoms with Crippen molar-refractivity contribution >= 4 is 38.4 Å². The van der Waals surface area contributed by atoms with Crippen molar-refractivity contribution < 1.29 is 23.1 Å². The lowest BCUT2D eigenvalue weighted by Crippen LogP contribution is -2.36. The van der Waals surface area contributed by atoms with Crippen LogP contribution in [0.25, 0.3) is 0 Å². The number of anilines is 1. The van der Waals surface area contributed by atoms with Gasteiger partial charge in [-0.3, -0.25) is 9.59 Å². The Morgan fingerprint density at radius 2 is 1.91 bits per heavy atom. The van der Waals surface area contributed by atoms with E-state index in [0.29, 0.717) is 17.8 Å². The van der Waals surface area contributed by atoms with Gasteiger partial charge in [0.1, 0.15) is 0 Å². The van der Waals surface area contributed by atoms with Gasteiger partial charge in [0.2, 0.25) is 15.4 Å². The number of primary sulfonamides is 1. The number of nitrogens with one attached hydrogen (secondary N) is 1. The molecule has 2 bridgehead atoms. The standard InChI is InChI=1S/C11H12N4O5S2/c12-22(19,20)11-15-14-10(21-11)13-8(16)6-4-1-2-5(3-4)7(6)9(17)18/h1-2,4-7H,3H2,(H,17,18)(H2,12,19,20)(H,13,14,16)/t4-,5+,6-,7+/m1/s1. The summed E-state index contributed by atoms with van der Waals surface area (Å²) < 4.78 is 21.8. The zero-order valence-electron chi connectivity index (χ0n) is 11.0. The lowest BCUT2D eigenvalue weighted by Gasteiger charge is -2.23. The molecule has 0 aromatic carbocycles. The van der Waals surface area contributed by atoms with E-state index in [2.05, 4.69) is 15.5 Å². The molecule has 1 saturated carbocycles. The SMILES string of the molecule is NS(=O)(=O)c1nnc(NC(=O)[C@H]2[C@@H](C(=O)O)[C@H]3C=C[C@@H]2C3)s1. The summed E-state index contributed by atoms with van der Waals surface area (Å²) in [5, 5.41) is 23.5. The Hall–Kier alpha value is -1.85. The number of nitrogens with zero attached hydrogens (tertiary/aromatic N) is 2. The zero-order valence-corrected chi connectivity index (χ0v) is 12.7. The van der Waals surface area contributed by atoms with E-state index in [0.717, 1.165) is 0 Å². The minimum Gasteiger partial charge on any atom is -0.481 e. The van der Waals surface area contributed by atoms with Gasteiger partial charge in [0.05, 0.1) is 11.8 Å². The van der Waals surface area contributed by atoms with Crippen LogP contribution in [0, 0.1) is 23.7 Å². The van der Waals surface area contributed by atoms with Crippen molar-refractivity contribution in [3.8, 4) is 0 Å². The van der Waals surface area contributed by atoms with Gasteiger partial charge in [-0.05, 0) is 18.3 Å². The number of rotatable bonds is 4. The van der Waals surface area contributed by atoms with Crippen LogP contribution < -0.4 is 10.5 Å². The first-order chi connectivity index (χ1) is 10.3. The topological polar surface area (TPSA) is 152 Å². The van der Waals surface area contributed by atoms with Crippen LogP contribution in [0.3, 0.4) is 0 Å². The van der Waals surface area contributed by atoms with Crippen LogP contribution in [0.4, 0.5) is 5.13 Å². The number of hydrogen-bond donors (Lipinski definition) is 3. The molecule has 22 heavy (non-hydrogen) atoms. The Kier molecular flexibility index (Phi) is 3.50. The number of sulfonamides is 1. The lowest BCUT2D eigenvalue weighted by atomic mass is 9.82. The van der Waals surface area contributed by atoms with Crippen LogP contribution in [-0.2, 0) is 19.6 Å². The highest BCUT2D eigenvalue weighted by molar-refractivity contribution is 7.91. The zero-order chi connectivity index (χ0) is 16.1. The van der Waals surface area contributed by atoms with Crippen molar-refractivity contribution in [2.24, 2.45) is 28.8 Å². The number of carbonyl (C=O) groups excluding carboxylic acids is 1. The number of carbonyl (C=O) groups is 2. The lowest BCUT2D eigenvalue weighted by molar-refractivity contribution is -0.146. The van der Waals surface area contributed by atoms with Crippen LogP contribution in [-0.4, -0.2) is 35.6 Å². The Morgan fingerprint density at radius 1 is 1.27 bits per heavy atom. The molecular formula is C11H12N4O5S2. The molecule has 1 heterocycles. The van der Waals surface area contributed by atoms with E-state index in [9.17, 15) is 23.1 Å². The normalized spacial score (nSPS) is 29.7. The molecule has 4 N–H and O–H groups in total. The van der Waals surface area contributed by atoms with Crippen LogP contribution >= 0.6 is 11.3 Å². The van der Waals surface area contributed by atoms with E-state index >= 15 is 0 Å². The second-order valence-electron chi connectivity index (χ2n) is 5.25. The number of carboxylic acid groups (broad SMARTS) is 1. The molecule has 1 aromatic rings. The van der Waals surface area contributed by atoms with Crippen molar-refractivity contribution in [1.29, 1.82) is 0 Å². The third-order valence-corrected chi connectivity index (χ3v) is 6.08. The molecule has 3 rings (SSSR count). The van der Waals surface area contributed by atoms with E-state index in [-0.39, 0.29) is 17.0 Å². The minimum absolute atomic E-state index is 0.0232. The van der Waals surface area contributed by atoms with Gasteiger partial charge in [0, 0.05) is 0 Å². The highest BCUT2D eigenvalue weighted by Gasteiger charge is 2.51. The molecule has 1 aromatic heterocycles. The van der Waals surface area contributed by atoms with Crippen LogP contribution in [0.2, 0.25) is 0 Å². The minimum atomic E-state index is -3.98. The summed E-state index contributed by atoms with van der Waals surface area (Å²) in [7, 11) is -3.98. The van der Waals surface area contributed by atoms with Crippen molar-refractivity contribution in [3.63, 3.8) is 0 Å². The van der Waals surface area contributed by atoms with Crippen molar-refractivity contribution in [1.82, 2.24) is 10.2 Å². The number of aliphatic carboxylic acids is 1. The quantitative estimate of drug-likeness (QED) is 0.498. The van der Waals surface area contributed by atoms with Gasteiger partial charge in [0.15, 0.2) is 0 Å². The molecule has 1 fully saturated rings. The van der Waals surface area contributed by atoms with Gasteiger partial charge < -0.3 is 10.4 Å². The molecule has 0 aliphatic heterocycles. The molecule has 1 amide bonds. The Labute approximate surface area is 129 Å². The maximum Gasteiger partial charge on any atom is 0.307 e. The fraction of sp³-hybridized carbons (Fsp3) is 0.455. The number of amides is 1. The Morgan fingerprint density at radius 3 is 2.45 bits per heavy atom. The second-order valence-corrected chi connectivity index (χ2v) is 7.96. The van der Waals surface area contributed by atoms with Crippen molar-refractivity contribution in [3.05, 3.63) is 12.2 Å². The predicted octanol–water partition coefficient (Wildman–Crippen LogP) is -0.353. The molecule has 118 valence electrons. The summed E-state index contributed by atoms with van der Waals surface area (Å²) in [5.74, 6) is -3.26. The van der Waals surface area contributed by atoms with Gasteiger partial charge in [-0.1, -0.05) is 23.5 Å². The van der Waals surface area contributed by atoms with E-state index < -0.39 is 38.1 Å². The highest BCUT2D eigenvalue weighted by atomic mass is 32.2. The predicted molar refractivity (Wildman–Crippen MR) is 75.3 cm³/mol. The summed E-state index contributed by atoms with van der Waals surface area (Å²) in [4.78, 5) is 23.7. The number of carboxylic acids is 1. The monoisotopic (exact) mass is 344 g/mol. The fourth-order valence-corrected chi connectivity index (χ4v) is 4.42. The van der Waals surface area contributed by atoms with Gasteiger partial charge in [0.25, 0.3) is 10.0 Å². The molecule has 0 spiro atoms. The number of nitrogens with two attached hydrogens (primary N) is 1. The van der Waals surface area contributed by atoms with Gasteiger partial charge in [-0.15, -0.1) is 10.2 Å². The van der Waals surface area contributed by atoms with Gasteiger partial charge in [-0.2, -0.15) is 0 Å². The molecule has 4 atom stereocenters. The number of fused-ring (bicyclic) bond motifs is 2. The molecule has 9 nitrogen and oxygen atoms in total. The first-order valence-corrected chi connectivity index (χ1v) is 8.72. The number of allylic oxidation sites excluding steroid dienone is 2. The van der Waals surface area contributed by atoms with E-state index in [4.69, 9.17) is 5.14 Å². The Balaban J connectivity index is 1.79. The molecule has 2 aliphatic rings. The smallest absolute Gasteiger partial charge is 0.307 e. The third kappa shape index (κ3) is 2.51. The summed E-state index contributed by atoms with van der Waals surface area (Å²) in [6.45, 7) is 0. The van der Waals surface area contributed by atoms with Crippen molar-refractivity contribution in [2.45, 2.75) is 10.8 Å². The molecule has 11 heteroatoms. The third-order valence-electron chi connectivity index (χ3n) is 3.93. The van der Waals surface area contributed by atoms with E-state index in [1.165, 1.54) is 0 Å². The maximum absolute atomic E-state index is 12.3. The summed E-state index contributed by atoms with van der Waals surface area (Å²) >= 11 is 0.624. The average Bonchev–Trinajstić information content (AvgIpc) is 3.11. The number of hydrogen-bond acceptors (Lipinski definition) is 7. The molecule has 0 radical (unpaired) electrons. The summed E-state index contributed by atoms with van der Waals surface area (Å²) in [6.07, 6.45) is 4.31. The highest BCUT2D eigenvalue weighted by Crippen LogP contribution is 2.48. The van der Waals surface area contributed by atoms with Crippen LogP contribution in [0.1, 0.15) is 6.42 Å². The molecular weight excluding hydrogens is 332 g/mol. The average molecular weight is 344 g/mol. The van der Waals surface area contributed by atoms with Crippen molar-refractivity contribution in [2.75, 3.05) is 5.32 Å². The Bertz CT molecular complexity index is 771. The number of aromatic nitrogens is 2. The largest absolute Gasteiger partial charge is 0.481 e. The molecule has 0 saturated heterocycles. The first-order valence-electron chi connectivity index (χ1n) is 6.35. The maximum atomic E-state index is 12.3. The van der Waals surface area contributed by atoms with E-state index in [1.54, 1.807) is 0 Å². The van der Waals surface area contributed by atoms with Gasteiger partial charge in [-0.25, -0.2) is 13.6 Å². The summed E-state index contributed by atoms with van der Waals surface area (Å²) in [5.41, 5.74) is 0.